The summed E-state index contributed by atoms with van der Waals surface area (Å²) in [5, 5.41) is 0.879. The van der Waals surface area contributed by atoms with Gasteiger partial charge < -0.3 is 4.90 Å². The van der Waals surface area contributed by atoms with Crippen molar-refractivity contribution < 1.29 is 4.79 Å². The van der Waals surface area contributed by atoms with Gasteiger partial charge in [-0.15, -0.1) is 11.3 Å². The van der Waals surface area contributed by atoms with Gasteiger partial charge in [-0.05, 0) is 47.3 Å². The molecule has 1 aromatic rings. The summed E-state index contributed by atoms with van der Waals surface area (Å²) in [7, 11) is 0. The average Bonchev–Trinajstić information content (AvgIpc) is 2.85. The molecule has 0 saturated carbocycles. The Balaban J connectivity index is 2.18. The summed E-state index contributed by atoms with van der Waals surface area (Å²) in [4.78, 5) is 15.1. The fraction of sp³-hybridized carbons (Fsp3) is 0.545. The van der Waals surface area contributed by atoms with Crippen molar-refractivity contribution in [1.82, 2.24) is 4.90 Å². The van der Waals surface area contributed by atoms with Gasteiger partial charge in [-0.2, -0.15) is 0 Å². The van der Waals surface area contributed by atoms with Crippen molar-refractivity contribution in [3.8, 4) is 0 Å². The highest BCUT2D eigenvalue weighted by Gasteiger charge is 2.29. The molecule has 0 aromatic carbocycles. The number of rotatable bonds is 2. The number of halogens is 2. The highest BCUT2D eigenvalue weighted by Crippen LogP contribution is 2.30. The minimum Gasteiger partial charge on any atom is -0.334 e. The van der Waals surface area contributed by atoms with Gasteiger partial charge in [-0.25, -0.2) is 0 Å². The van der Waals surface area contributed by atoms with E-state index in [1.54, 1.807) is 0 Å². The van der Waals surface area contributed by atoms with Gasteiger partial charge in [0, 0.05) is 17.9 Å². The Morgan fingerprint density at radius 1 is 1.69 bits per heavy atom. The highest BCUT2D eigenvalue weighted by atomic mass is 79.9. The van der Waals surface area contributed by atoms with E-state index in [0.717, 1.165) is 38.9 Å². The summed E-state index contributed by atoms with van der Waals surface area (Å²) >= 11 is 8.47. The van der Waals surface area contributed by atoms with Crippen LogP contribution in [0.3, 0.4) is 0 Å². The predicted molar refractivity (Wildman–Crippen MR) is 74.6 cm³/mol. The van der Waals surface area contributed by atoms with Gasteiger partial charge in [0.05, 0.1) is 8.66 Å². The molecule has 1 amide bonds. The lowest BCUT2D eigenvalue weighted by atomic mass is 10.2. The van der Waals surface area contributed by atoms with E-state index in [0.29, 0.717) is 6.04 Å². The first kappa shape index (κ1) is 12.6. The number of aryl methyl sites for hydroxylation is 1. The molecular weight excluding hydrogens is 354 g/mol. The van der Waals surface area contributed by atoms with Crippen molar-refractivity contribution in [3.63, 3.8) is 0 Å². The van der Waals surface area contributed by atoms with Crippen molar-refractivity contribution in [2.45, 2.75) is 25.8 Å². The second-order valence-corrected chi connectivity index (χ2v) is 7.03. The molecule has 2 nitrogen and oxygen atoms in total. The molecule has 2 rings (SSSR count). The van der Waals surface area contributed by atoms with Crippen LogP contribution in [0, 0.1) is 6.92 Å². The van der Waals surface area contributed by atoms with E-state index in [2.05, 4.69) is 31.9 Å². The predicted octanol–water partition coefficient (Wildman–Crippen LogP) is 3.82. The van der Waals surface area contributed by atoms with Crippen LogP contribution in [0.15, 0.2) is 9.85 Å². The Morgan fingerprint density at radius 3 is 3.00 bits per heavy atom. The molecule has 2 heterocycles. The molecule has 16 heavy (non-hydrogen) atoms. The minimum absolute atomic E-state index is 0.181. The summed E-state index contributed by atoms with van der Waals surface area (Å²) in [6.45, 7) is 2.91. The lowest BCUT2D eigenvalue weighted by Crippen LogP contribution is -2.35. The van der Waals surface area contributed by atoms with Gasteiger partial charge >= 0.3 is 0 Å². The van der Waals surface area contributed by atoms with Crippen LogP contribution in [-0.4, -0.2) is 28.7 Å². The smallest absolute Gasteiger partial charge is 0.264 e. The molecule has 88 valence electrons. The molecule has 1 saturated heterocycles. The maximum atomic E-state index is 12.3. The van der Waals surface area contributed by atoms with Gasteiger partial charge in [-0.3, -0.25) is 4.79 Å². The first-order valence-electron chi connectivity index (χ1n) is 5.26. The monoisotopic (exact) mass is 365 g/mol. The molecule has 1 fully saturated rings. The van der Waals surface area contributed by atoms with E-state index in [4.69, 9.17) is 0 Å². The number of nitrogens with zero attached hydrogens (tertiary/aromatic N) is 1. The topological polar surface area (TPSA) is 20.3 Å². The third kappa shape index (κ3) is 2.36. The van der Waals surface area contributed by atoms with E-state index in [1.165, 1.54) is 11.3 Å². The zero-order valence-corrected chi connectivity index (χ0v) is 13.0. The summed E-state index contributed by atoms with van der Waals surface area (Å²) in [5.41, 5.74) is 1.14. The zero-order valence-electron chi connectivity index (χ0n) is 9.00. The molecule has 1 aromatic heterocycles. The number of hydrogen-bond acceptors (Lipinski definition) is 2. The first-order chi connectivity index (χ1) is 7.63. The molecule has 0 radical (unpaired) electrons. The van der Waals surface area contributed by atoms with Crippen LogP contribution >= 0.6 is 43.2 Å². The van der Waals surface area contributed by atoms with Crippen LogP contribution in [0.25, 0.3) is 0 Å². The second-order valence-electron chi connectivity index (χ2n) is 4.02. The quantitative estimate of drug-likeness (QED) is 0.728. The number of thiophene rings is 1. The molecule has 0 bridgehead atoms. The van der Waals surface area contributed by atoms with Gasteiger partial charge in [0.15, 0.2) is 0 Å². The lowest BCUT2D eigenvalue weighted by Gasteiger charge is -2.22. The van der Waals surface area contributed by atoms with Gasteiger partial charge in [0.25, 0.3) is 5.91 Å². The summed E-state index contributed by atoms with van der Waals surface area (Å²) in [6.07, 6.45) is 2.23. The average molecular weight is 367 g/mol. The SMILES string of the molecule is Cc1cc(C(=O)N2CCCC2CBr)sc1Br. The second kappa shape index (κ2) is 5.19. The molecule has 0 N–H and O–H groups in total. The number of amides is 1. The Kier molecular flexibility index (Phi) is 4.08. The van der Waals surface area contributed by atoms with E-state index in [1.807, 2.05) is 17.9 Å². The Bertz CT molecular complexity index is 385. The van der Waals surface area contributed by atoms with Crippen LogP contribution in [0.1, 0.15) is 28.1 Å². The standard InChI is InChI=1S/C11H13Br2NOS/c1-7-5-9(16-10(7)13)11(15)14-4-2-3-8(14)6-12/h5,8H,2-4,6H2,1H3. The van der Waals surface area contributed by atoms with Crippen molar-refractivity contribution in [1.29, 1.82) is 0 Å². The number of carbonyl (C=O) groups excluding carboxylic acids is 1. The van der Waals surface area contributed by atoms with Crippen molar-refractivity contribution in [3.05, 3.63) is 20.3 Å². The number of likely N-dealkylation sites (tertiary alicyclic amines) is 1. The number of alkyl halides is 1. The van der Waals surface area contributed by atoms with Crippen molar-refractivity contribution in [2.75, 3.05) is 11.9 Å². The molecule has 1 unspecified atom stereocenters. The molecule has 0 spiro atoms. The Labute approximate surface area is 116 Å². The normalized spacial score (nSPS) is 20.4. The minimum atomic E-state index is 0.181. The Morgan fingerprint density at radius 2 is 2.44 bits per heavy atom. The van der Waals surface area contributed by atoms with E-state index in [9.17, 15) is 4.79 Å². The summed E-state index contributed by atoms with van der Waals surface area (Å²) in [5.74, 6) is 0.181. The molecule has 0 aliphatic carbocycles. The van der Waals surface area contributed by atoms with Gasteiger partial charge in [0.2, 0.25) is 0 Å². The molecule has 1 atom stereocenters. The Hall–Kier alpha value is 0.130. The maximum absolute atomic E-state index is 12.3. The van der Waals surface area contributed by atoms with Gasteiger partial charge in [0.1, 0.15) is 0 Å². The number of hydrogen-bond donors (Lipinski definition) is 0. The van der Waals surface area contributed by atoms with Crippen LogP contribution in [0.2, 0.25) is 0 Å². The third-order valence-corrected chi connectivity index (χ3v) is 5.76. The maximum Gasteiger partial charge on any atom is 0.264 e. The number of carbonyl (C=O) groups is 1. The fourth-order valence-corrected chi connectivity index (χ4v) is 4.13. The summed E-state index contributed by atoms with van der Waals surface area (Å²) < 4.78 is 1.06. The molecular formula is C11H13Br2NOS. The van der Waals surface area contributed by atoms with Crippen LogP contribution in [0.4, 0.5) is 0 Å². The fourth-order valence-electron chi connectivity index (χ4n) is 1.97. The molecule has 5 heteroatoms. The molecule has 1 aliphatic rings. The lowest BCUT2D eigenvalue weighted by molar-refractivity contribution is 0.0755. The van der Waals surface area contributed by atoms with Crippen LogP contribution in [0.5, 0.6) is 0 Å². The van der Waals surface area contributed by atoms with Gasteiger partial charge in [-0.1, -0.05) is 15.9 Å². The van der Waals surface area contributed by atoms with Crippen LogP contribution < -0.4 is 0 Å². The molecule has 1 aliphatic heterocycles. The third-order valence-electron chi connectivity index (χ3n) is 2.88. The van der Waals surface area contributed by atoms with E-state index in [-0.39, 0.29) is 5.91 Å². The van der Waals surface area contributed by atoms with Crippen molar-refractivity contribution >= 4 is 49.1 Å². The first-order valence-corrected chi connectivity index (χ1v) is 7.99. The summed E-state index contributed by atoms with van der Waals surface area (Å²) in [6, 6.07) is 2.34. The highest BCUT2D eigenvalue weighted by molar-refractivity contribution is 9.11. The van der Waals surface area contributed by atoms with E-state index >= 15 is 0 Å². The van der Waals surface area contributed by atoms with Crippen LogP contribution in [-0.2, 0) is 0 Å². The largest absolute Gasteiger partial charge is 0.334 e. The zero-order chi connectivity index (χ0) is 11.7. The van der Waals surface area contributed by atoms with E-state index < -0.39 is 0 Å². The van der Waals surface area contributed by atoms with Crippen molar-refractivity contribution in [2.24, 2.45) is 0 Å².